The van der Waals surface area contributed by atoms with Gasteiger partial charge in [0.25, 0.3) is 5.95 Å². The van der Waals surface area contributed by atoms with Crippen LogP contribution in [-0.2, 0) is 11.0 Å². The van der Waals surface area contributed by atoms with E-state index < -0.39 is 17.8 Å². The van der Waals surface area contributed by atoms with Crippen molar-refractivity contribution in [2.24, 2.45) is 0 Å². The second-order valence-electron chi connectivity index (χ2n) is 7.73. The molecule has 1 aliphatic rings. The lowest BCUT2D eigenvalue weighted by Crippen LogP contribution is -2.31. The van der Waals surface area contributed by atoms with E-state index in [1.54, 1.807) is 22.7 Å². The van der Waals surface area contributed by atoms with Crippen LogP contribution >= 0.6 is 0 Å². The van der Waals surface area contributed by atoms with E-state index in [1.807, 2.05) is 19.9 Å². The molecule has 1 fully saturated rings. The van der Waals surface area contributed by atoms with E-state index in [0.717, 1.165) is 23.5 Å². The van der Waals surface area contributed by atoms with E-state index >= 15 is 0 Å². The van der Waals surface area contributed by atoms with Crippen molar-refractivity contribution in [3.05, 3.63) is 53.3 Å². The van der Waals surface area contributed by atoms with Crippen LogP contribution in [0.3, 0.4) is 0 Å². The quantitative estimate of drug-likeness (QED) is 0.623. The Balaban J connectivity index is 1.70. The molecule has 3 heterocycles. The summed E-state index contributed by atoms with van der Waals surface area (Å²) in [6, 6.07) is 7.82. The zero-order valence-corrected chi connectivity index (χ0v) is 17.7. The fourth-order valence-corrected chi connectivity index (χ4v) is 3.55. The van der Waals surface area contributed by atoms with Gasteiger partial charge in [-0.15, -0.1) is 0 Å². The molecule has 168 valence electrons. The van der Waals surface area contributed by atoms with E-state index in [1.165, 1.54) is 12.1 Å². The van der Waals surface area contributed by atoms with Gasteiger partial charge in [-0.2, -0.15) is 28.2 Å². The fraction of sp³-hybridized carbons (Fsp3) is 0.333. The number of nitrogens with one attached hydrogen (secondary N) is 2. The number of likely N-dealkylation sites (tertiary alicyclic amines) is 1. The average Bonchev–Trinajstić information content (AvgIpc) is 3.22. The number of hydrogen-bond donors (Lipinski definition) is 2. The molecule has 1 unspecified atom stereocenters. The summed E-state index contributed by atoms with van der Waals surface area (Å²) in [5, 5.41) is 10.4. The van der Waals surface area contributed by atoms with Crippen LogP contribution in [0.25, 0.3) is 5.95 Å². The molecule has 1 atom stereocenters. The van der Waals surface area contributed by atoms with Crippen molar-refractivity contribution in [3.63, 3.8) is 0 Å². The third-order valence-corrected chi connectivity index (χ3v) is 5.13. The number of carbonyl (C=O) groups is 1. The molecule has 11 heteroatoms. The van der Waals surface area contributed by atoms with Crippen molar-refractivity contribution in [1.29, 1.82) is 0 Å². The smallest absolute Gasteiger partial charge is 0.358 e. The summed E-state index contributed by atoms with van der Waals surface area (Å²) in [5.41, 5.74) is 1.01. The predicted octanol–water partition coefficient (Wildman–Crippen LogP) is 3.68. The molecule has 2 aromatic heterocycles. The topological polar surface area (TPSA) is 88.0 Å². The van der Waals surface area contributed by atoms with E-state index in [0.29, 0.717) is 18.8 Å². The van der Waals surface area contributed by atoms with Crippen LogP contribution in [0.1, 0.15) is 23.4 Å². The van der Waals surface area contributed by atoms with E-state index in [9.17, 15) is 18.0 Å². The first-order valence-electron chi connectivity index (χ1n) is 9.99. The molecule has 1 amide bonds. The number of aromatic nitrogens is 4. The summed E-state index contributed by atoms with van der Waals surface area (Å²) in [6.45, 7) is 4.31. The maximum absolute atomic E-state index is 13.1. The van der Waals surface area contributed by atoms with Crippen molar-refractivity contribution < 1.29 is 18.0 Å². The standard InChI is InChI=1S/C21H22F3N7O/c1-12-9-13(2)31(29-12)20-27-17(25-15-6-4-5-14(10-15)21(22,23)24)11-18(28-20)26-16-7-8-30(3)19(16)32/h4-6,9-11,16H,7-8H2,1-3H3,(H2,25,26,27,28). The molecule has 1 aromatic carbocycles. The summed E-state index contributed by atoms with van der Waals surface area (Å²) < 4.78 is 40.8. The van der Waals surface area contributed by atoms with E-state index in [-0.39, 0.29) is 23.4 Å². The van der Waals surface area contributed by atoms with Crippen molar-refractivity contribution in [2.75, 3.05) is 24.2 Å². The Morgan fingerprint density at radius 3 is 2.47 bits per heavy atom. The summed E-state index contributed by atoms with van der Waals surface area (Å²) in [4.78, 5) is 22.9. The van der Waals surface area contributed by atoms with Crippen molar-refractivity contribution in [2.45, 2.75) is 32.5 Å². The maximum Gasteiger partial charge on any atom is 0.416 e. The molecular formula is C21H22F3N7O. The van der Waals surface area contributed by atoms with Gasteiger partial charge in [0.1, 0.15) is 17.7 Å². The highest BCUT2D eigenvalue weighted by atomic mass is 19.4. The highest BCUT2D eigenvalue weighted by Crippen LogP contribution is 2.31. The van der Waals surface area contributed by atoms with Crippen LogP contribution in [0.2, 0.25) is 0 Å². The Bertz CT molecular complexity index is 1160. The zero-order valence-electron chi connectivity index (χ0n) is 17.7. The van der Waals surface area contributed by atoms with E-state index in [2.05, 4.69) is 25.7 Å². The van der Waals surface area contributed by atoms with Gasteiger partial charge in [0, 0.05) is 31.0 Å². The van der Waals surface area contributed by atoms with E-state index in [4.69, 9.17) is 0 Å². The molecule has 0 saturated carbocycles. The number of hydrogen-bond acceptors (Lipinski definition) is 6. The van der Waals surface area contributed by atoms with Gasteiger partial charge in [-0.25, -0.2) is 4.68 Å². The molecule has 0 bridgehead atoms. The maximum atomic E-state index is 13.1. The van der Waals surface area contributed by atoms with Gasteiger partial charge in [0.2, 0.25) is 5.91 Å². The first-order chi connectivity index (χ1) is 15.1. The number of halogens is 3. The number of carbonyl (C=O) groups excluding carboxylic acids is 1. The second kappa shape index (κ2) is 8.13. The number of aryl methyl sites for hydroxylation is 2. The summed E-state index contributed by atoms with van der Waals surface area (Å²) in [7, 11) is 1.73. The van der Waals surface area contributed by atoms with Crippen LogP contribution in [0.15, 0.2) is 36.4 Å². The molecular weight excluding hydrogens is 423 g/mol. The SMILES string of the molecule is Cc1cc(C)n(-c2nc(Nc3cccc(C(F)(F)F)c3)cc(NC3CCN(C)C3=O)n2)n1. The molecule has 32 heavy (non-hydrogen) atoms. The van der Waals surface area contributed by atoms with Gasteiger partial charge in [0.05, 0.1) is 11.3 Å². The number of likely N-dealkylation sites (N-methyl/N-ethyl adjacent to an activating group) is 1. The summed E-state index contributed by atoms with van der Waals surface area (Å²) in [6.07, 6.45) is -3.84. The number of amides is 1. The van der Waals surface area contributed by atoms with Crippen LogP contribution in [0.4, 0.5) is 30.5 Å². The van der Waals surface area contributed by atoms with Crippen LogP contribution < -0.4 is 10.6 Å². The molecule has 0 radical (unpaired) electrons. The monoisotopic (exact) mass is 445 g/mol. The lowest BCUT2D eigenvalue weighted by atomic mass is 10.2. The van der Waals surface area contributed by atoms with Gasteiger partial charge in [-0.3, -0.25) is 4.79 Å². The minimum absolute atomic E-state index is 0.0522. The van der Waals surface area contributed by atoms with Crippen molar-refractivity contribution >= 4 is 23.2 Å². The third kappa shape index (κ3) is 4.51. The lowest BCUT2D eigenvalue weighted by Gasteiger charge is -2.16. The normalized spacial score (nSPS) is 16.5. The molecule has 1 aliphatic heterocycles. The highest BCUT2D eigenvalue weighted by Gasteiger charge is 2.31. The Kier molecular flexibility index (Phi) is 5.49. The fourth-order valence-electron chi connectivity index (χ4n) is 3.55. The number of rotatable bonds is 5. The van der Waals surface area contributed by atoms with Gasteiger partial charge in [-0.1, -0.05) is 6.07 Å². The molecule has 8 nitrogen and oxygen atoms in total. The van der Waals surface area contributed by atoms with Gasteiger partial charge in [0.15, 0.2) is 0 Å². The van der Waals surface area contributed by atoms with Crippen molar-refractivity contribution in [3.8, 4) is 5.95 Å². The first kappa shape index (κ1) is 21.6. The molecule has 3 aromatic rings. The zero-order chi connectivity index (χ0) is 23.0. The van der Waals surface area contributed by atoms with Crippen LogP contribution in [0, 0.1) is 13.8 Å². The number of anilines is 3. The third-order valence-electron chi connectivity index (χ3n) is 5.13. The van der Waals surface area contributed by atoms with Crippen LogP contribution in [0.5, 0.6) is 0 Å². The van der Waals surface area contributed by atoms with Gasteiger partial charge >= 0.3 is 6.18 Å². The predicted molar refractivity (Wildman–Crippen MR) is 113 cm³/mol. The Morgan fingerprint density at radius 2 is 1.84 bits per heavy atom. The highest BCUT2D eigenvalue weighted by molar-refractivity contribution is 5.86. The number of alkyl halides is 3. The minimum Gasteiger partial charge on any atom is -0.358 e. The molecule has 2 N–H and O–H groups in total. The molecule has 1 saturated heterocycles. The largest absolute Gasteiger partial charge is 0.416 e. The Morgan fingerprint density at radius 1 is 1.09 bits per heavy atom. The number of nitrogens with zero attached hydrogens (tertiary/aromatic N) is 5. The summed E-state index contributed by atoms with van der Waals surface area (Å²) in [5.74, 6) is 0.811. The average molecular weight is 445 g/mol. The molecule has 0 spiro atoms. The minimum atomic E-state index is -4.46. The number of benzene rings is 1. The Hall–Kier alpha value is -3.63. The molecule has 0 aliphatic carbocycles. The lowest BCUT2D eigenvalue weighted by molar-refractivity contribution is -0.137. The van der Waals surface area contributed by atoms with Gasteiger partial charge < -0.3 is 15.5 Å². The van der Waals surface area contributed by atoms with Crippen LogP contribution in [-0.4, -0.2) is 50.2 Å². The second-order valence-corrected chi connectivity index (χ2v) is 7.73. The Labute approximate surface area is 182 Å². The first-order valence-corrected chi connectivity index (χ1v) is 9.99. The molecule has 4 rings (SSSR count). The van der Waals surface area contributed by atoms with Crippen molar-refractivity contribution in [1.82, 2.24) is 24.6 Å². The summed E-state index contributed by atoms with van der Waals surface area (Å²) >= 11 is 0. The van der Waals surface area contributed by atoms with Gasteiger partial charge in [-0.05, 0) is 44.5 Å².